The minimum Gasteiger partial charge on any atom is -0.382 e. The summed E-state index contributed by atoms with van der Waals surface area (Å²) >= 11 is 0. The van der Waals surface area contributed by atoms with Gasteiger partial charge in [0.1, 0.15) is 11.6 Å². The summed E-state index contributed by atoms with van der Waals surface area (Å²) in [5.74, 6) is 2.14. The summed E-state index contributed by atoms with van der Waals surface area (Å²) in [5, 5.41) is 11.1. The molecule has 2 atom stereocenters. The van der Waals surface area contributed by atoms with Crippen molar-refractivity contribution in [1.29, 1.82) is 0 Å². The second kappa shape index (κ2) is 3.82. The highest BCUT2D eigenvalue weighted by atomic mass is 15.2. The molecule has 0 amide bonds. The predicted molar refractivity (Wildman–Crippen MR) is 56.9 cm³/mol. The first-order valence-electron chi connectivity index (χ1n) is 5.15. The third-order valence-electron chi connectivity index (χ3n) is 2.60. The van der Waals surface area contributed by atoms with Crippen LogP contribution in [0.15, 0.2) is 12.1 Å². The van der Waals surface area contributed by atoms with Gasteiger partial charge in [0.15, 0.2) is 0 Å². The quantitative estimate of drug-likeness (QED) is 0.761. The van der Waals surface area contributed by atoms with Gasteiger partial charge in [-0.2, -0.15) is 0 Å². The van der Waals surface area contributed by atoms with Crippen molar-refractivity contribution in [3.63, 3.8) is 0 Å². The number of nitrogens with one attached hydrogen (secondary N) is 1. The summed E-state index contributed by atoms with van der Waals surface area (Å²) < 4.78 is 0. The van der Waals surface area contributed by atoms with Crippen molar-refractivity contribution in [2.75, 3.05) is 11.1 Å². The average molecular weight is 192 g/mol. The van der Waals surface area contributed by atoms with Crippen LogP contribution < -0.4 is 11.1 Å². The van der Waals surface area contributed by atoms with Crippen LogP contribution in [-0.2, 0) is 0 Å². The van der Waals surface area contributed by atoms with Gasteiger partial charge in [-0.1, -0.05) is 13.3 Å². The molecule has 0 saturated heterocycles. The van der Waals surface area contributed by atoms with Crippen LogP contribution in [0, 0.1) is 5.92 Å². The number of aromatic nitrogens is 2. The van der Waals surface area contributed by atoms with E-state index in [9.17, 15) is 0 Å². The number of hydrogen-bond donors (Lipinski definition) is 2. The summed E-state index contributed by atoms with van der Waals surface area (Å²) in [6, 6.07) is 4.25. The number of hydrogen-bond acceptors (Lipinski definition) is 4. The second-order valence-electron chi connectivity index (χ2n) is 3.88. The van der Waals surface area contributed by atoms with Gasteiger partial charge in [0, 0.05) is 6.04 Å². The lowest BCUT2D eigenvalue weighted by atomic mass is 10.2. The van der Waals surface area contributed by atoms with Crippen LogP contribution in [0.3, 0.4) is 0 Å². The van der Waals surface area contributed by atoms with Gasteiger partial charge in [0.2, 0.25) is 0 Å². The Morgan fingerprint density at radius 3 is 3.00 bits per heavy atom. The largest absolute Gasteiger partial charge is 0.382 e. The van der Waals surface area contributed by atoms with Crippen molar-refractivity contribution >= 4 is 11.6 Å². The second-order valence-corrected chi connectivity index (χ2v) is 3.88. The Balaban J connectivity index is 1.84. The topological polar surface area (TPSA) is 63.8 Å². The number of nitrogens with zero attached hydrogens (tertiary/aromatic N) is 2. The van der Waals surface area contributed by atoms with Crippen LogP contribution >= 0.6 is 0 Å². The summed E-state index contributed by atoms with van der Waals surface area (Å²) in [5.41, 5.74) is 5.45. The van der Waals surface area contributed by atoms with E-state index < -0.39 is 0 Å². The Labute approximate surface area is 83.9 Å². The van der Waals surface area contributed by atoms with E-state index in [4.69, 9.17) is 5.73 Å². The van der Waals surface area contributed by atoms with Crippen LogP contribution in [0.25, 0.3) is 0 Å². The molecule has 0 aliphatic heterocycles. The first-order valence-corrected chi connectivity index (χ1v) is 5.15. The molecule has 1 aromatic heterocycles. The standard InChI is InChI=1S/C10H16N4/c1-2-3-7-6-8(7)12-10-5-4-9(11)13-14-10/h4-5,7-8H,2-3,6H2,1H3,(H2,11,13)(H,12,14). The highest BCUT2D eigenvalue weighted by molar-refractivity contribution is 5.40. The van der Waals surface area contributed by atoms with Gasteiger partial charge in [-0.3, -0.25) is 0 Å². The zero-order valence-corrected chi connectivity index (χ0v) is 8.40. The molecule has 1 aromatic rings. The molecule has 0 aromatic carbocycles. The van der Waals surface area contributed by atoms with Crippen LogP contribution in [0.5, 0.6) is 0 Å². The van der Waals surface area contributed by atoms with Gasteiger partial charge in [0.25, 0.3) is 0 Å². The molecule has 4 heteroatoms. The van der Waals surface area contributed by atoms with Gasteiger partial charge in [-0.25, -0.2) is 0 Å². The molecule has 1 aliphatic carbocycles. The molecule has 4 nitrogen and oxygen atoms in total. The molecule has 1 saturated carbocycles. The zero-order valence-electron chi connectivity index (χ0n) is 8.40. The Morgan fingerprint density at radius 1 is 1.50 bits per heavy atom. The molecule has 1 aliphatic rings. The van der Waals surface area contributed by atoms with Crippen molar-refractivity contribution in [1.82, 2.24) is 10.2 Å². The summed E-state index contributed by atoms with van der Waals surface area (Å²) in [7, 11) is 0. The third-order valence-corrected chi connectivity index (χ3v) is 2.60. The molecule has 3 N–H and O–H groups in total. The molecule has 0 bridgehead atoms. The molecule has 0 spiro atoms. The summed E-state index contributed by atoms with van der Waals surface area (Å²) in [4.78, 5) is 0. The third kappa shape index (κ3) is 2.13. The number of rotatable bonds is 4. The zero-order chi connectivity index (χ0) is 9.97. The number of nitrogen functional groups attached to an aromatic ring is 1. The van der Waals surface area contributed by atoms with E-state index in [1.54, 1.807) is 6.07 Å². The highest BCUT2D eigenvalue weighted by Gasteiger charge is 2.36. The summed E-state index contributed by atoms with van der Waals surface area (Å²) in [6.45, 7) is 2.22. The Hall–Kier alpha value is -1.32. The normalized spacial score (nSPS) is 24.6. The predicted octanol–water partition coefficient (Wildman–Crippen LogP) is 1.66. The van der Waals surface area contributed by atoms with Crippen LogP contribution in [-0.4, -0.2) is 16.2 Å². The van der Waals surface area contributed by atoms with E-state index in [1.807, 2.05) is 6.07 Å². The van der Waals surface area contributed by atoms with Crippen molar-refractivity contribution in [2.24, 2.45) is 5.92 Å². The monoisotopic (exact) mass is 192 g/mol. The minimum absolute atomic E-state index is 0.469. The van der Waals surface area contributed by atoms with Gasteiger partial charge in [-0.15, -0.1) is 10.2 Å². The molecule has 14 heavy (non-hydrogen) atoms. The SMILES string of the molecule is CCCC1CC1Nc1ccc(N)nn1. The fourth-order valence-electron chi connectivity index (χ4n) is 1.72. The maximum Gasteiger partial charge on any atom is 0.149 e. The number of nitrogens with two attached hydrogens (primary N) is 1. The fraction of sp³-hybridized carbons (Fsp3) is 0.600. The Morgan fingerprint density at radius 2 is 2.36 bits per heavy atom. The van der Waals surface area contributed by atoms with E-state index in [-0.39, 0.29) is 0 Å². The van der Waals surface area contributed by atoms with Crippen LogP contribution in [0.1, 0.15) is 26.2 Å². The molecular formula is C10H16N4. The lowest BCUT2D eigenvalue weighted by molar-refractivity contribution is 0.691. The average Bonchev–Trinajstić information content (AvgIpc) is 2.89. The van der Waals surface area contributed by atoms with Crippen molar-refractivity contribution < 1.29 is 0 Å². The maximum atomic E-state index is 5.45. The lowest BCUT2D eigenvalue weighted by Crippen LogP contribution is -2.07. The van der Waals surface area contributed by atoms with E-state index in [1.165, 1.54) is 19.3 Å². The van der Waals surface area contributed by atoms with Crippen molar-refractivity contribution in [3.8, 4) is 0 Å². The van der Waals surface area contributed by atoms with E-state index in [2.05, 4.69) is 22.4 Å². The Kier molecular flexibility index (Phi) is 2.52. The molecule has 2 unspecified atom stereocenters. The minimum atomic E-state index is 0.469. The van der Waals surface area contributed by atoms with Crippen LogP contribution in [0.4, 0.5) is 11.6 Å². The molecule has 1 fully saturated rings. The fourth-order valence-corrected chi connectivity index (χ4v) is 1.72. The Bertz CT molecular complexity index is 295. The van der Waals surface area contributed by atoms with Crippen LogP contribution in [0.2, 0.25) is 0 Å². The van der Waals surface area contributed by atoms with E-state index in [0.717, 1.165) is 11.7 Å². The molecule has 76 valence electrons. The summed E-state index contributed by atoms with van der Waals surface area (Å²) in [6.07, 6.45) is 3.83. The van der Waals surface area contributed by atoms with Crippen molar-refractivity contribution in [3.05, 3.63) is 12.1 Å². The maximum absolute atomic E-state index is 5.45. The molecule has 0 radical (unpaired) electrons. The highest BCUT2D eigenvalue weighted by Crippen LogP contribution is 2.36. The molecule has 2 rings (SSSR count). The van der Waals surface area contributed by atoms with Gasteiger partial charge >= 0.3 is 0 Å². The molecular weight excluding hydrogens is 176 g/mol. The van der Waals surface area contributed by atoms with Crippen molar-refractivity contribution in [2.45, 2.75) is 32.2 Å². The van der Waals surface area contributed by atoms with Gasteiger partial charge in [-0.05, 0) is 30.9 Å². The lowest BCUT2D eigenvalue weighted by Gasteiger charge is -2.03. The first kappa shape index (κ1) is 9.24. The van der Waals surface area contributed by atoms with Gasteiger partial charge in [0.05, 0.1) is 0 Å². The smallest absolute Gasteiger partial charge is 0.149 e. The number of anilines is 2. The van der Waals surface area contributed by atoms with Gasteiger partial charge < -0.3 is 11.1 Å². The first-order chi connectivity index (χ1) is 6.79. The molecule has 1 heterocycles. The van der Waals surface area contributed by atoms with E-state index in [0.29, 0.717) is 11.9 Å². The van der Waals surface area contributed by atoms with E-state index >= 15 is 0 Å².